The van der Waals surface area contributed by atoms with Crippen molar-refractivity contribution in [1.29, 1.82) is 0 Å². The fourth-order valence-corrected chi connectivity index (χ4v) is 1.94. The van der Waals surface area contributed by atoms with Crippen LogP contribution in [0, 0.1) is 0 Å². The molecule has 22 heavy (non-hydrogen) atoms. The first-order valence-corrected chi connectivity index (χ1v) is 6.88. The molecule has 0 bridgehead atoms. The number of aryl methyl sites for hydroxylation is 1. The predicted octanol–water partition coefficient (Wildman–Crippen LogP) is 1.88. The van der Waals surface area contributed by atoms with Crippen molar-refractivity contribution >= 4 is 6.01 Å². The molecule has 1 N–H and O–H groups in total. The zero-order valence-electron chi connectivity index (χ0n) is 12.4. The number of imidazole rings is 1. The molecule has 0 amide bonds. The lowest BCUT2D eigenvalue weighted by molar-refractivity contribution is 0.338. The van der Waals surface area contributed by atoms with Gasteiger partial charge in [-0.15, -0.1) is 5.10 Å². The van der Waals surface area contributed by atoms with Gasteiger partial charge in [-0.05, 0) is 18.6 Å². The summed E-state index contributed by atoms with van der Waals surface area (Å²) in [5.41, 5.74) is 0.961. The molecule has 0 aliphatic heterocycles. The number of pyridine rings is 1. The smallest absolute Gasteiger partial charge is 0.316 e. The van der Waals surface area contributed by atoms with Crippen LogP contribution < -0.4 is 10.1 Å². The maximum absolute atomic E-state index is 5.54. The zero-order valence-corrected chi connectivity index (χ0v) is 12.4. The van der Waals surface area contributed by atoms with E-state index in [9.17, 15) is 0 Å². The van der Waals surface area contributed by atoms with Crippen LogP contribution in [0.15, 0.2) is 35.3 Å². The quantitative estimate of drug-likeness (QED) is 0.743. The van der Waals surface area contributed by atoms with Gasteiger partial charge >= 0.3 is 6.01 Å². The Labute approximate surface area is 127 Å². The Bertz CT molecular complexity index is 751. The Hall–Kier alpha value is -2.90. The van der Waals surface area contributed by atoms with Crippen LogP contribution in [0.2, 0.25) is 0 Å². The van der Waals surface area contributed by atoms with Crippen molar-refractivity contribution in [3.63, 3.8) is 0 Å². The van der Waals surface area contributed by atoms with Gasteiger partial charge in [-0.25, -0.2) is 4.98 Å². The SMILES string of the molecule is CCOc1cncc(CNc2nnc(-c3nccn3C)o2)c1. The summed E-state index contributed by atoms with van der Waals surface area (Å²) < 4.78 is 12.8. The first-order chi connectivity index (χ1) is 10.8. The average molecular weight is 300 g/mol. The number of rotatable bonds is 6. The number of hydrogen-bond acceptors (Lipinski definition) is 7. The fraction of sp³-hybridized carbons (Fsp3) is 0.286. The summed E-state index contributed by atoms with van der Waals surface area (Å²) in [6.45, 7) is 3.05. The van der Waals surface area contributed by atoms with E-state index in [0.29, 0.717) is 30.9 Å². The second-order valence-corrected chi connectivity index (χ2v) is 4.59. The van der Waals surface area contributed by atoms with Gasteiger partial charge in [-0.2, -0.15) is 0 Å². The van der Waals surface area contributed by atoms with Crippen LogP contribution in [0.1, 0.15) is 12.5 Å². The number of nitrogens with zero attached hydrogens (tertiary/aromatic N) is 5. The average Bonchev–Trinajstić information content (AvgIpc) is 3.14. The number of ether oxygens (including phenoxy) is 1. The molecular formula is C14H16N6O2. The minimum Gasteiger partial charge on any atom is -0.492 e. The van der Waals surface area contributed by atoms with E-state index in [4.69, 9.17) is 9.15 Å². The molecule has 0 saturated carbocycles. The van der Waals surface area contributed by atoms with E-state index in [1.807, 2.05) is 30.8 Å². The number of hydrogen-bond donors (Lipinski definition) is 1. The lowest BCUT2D eigenvalue weighted by Gasteiger charge is -2.05. The summed E-state index contributed by atoms with van der Waals surface area (Å²) in [6, 6.07) is 2.25. The summed E-state index contributed by atoms with van der Waals surface area (Å²) in [7, 11) is 1.87. The van der Waals surface area contributed by atoms with Crippen molar-refractivity contribution < 1.29 is 9.15 Å². The van der Waals surface area contributed by atoms with Gasteiger partial charge in [0.05, 0.1) is 12.8 Å². The lowest BCUT2D eigenvalue weighted by Crippen LogP contribution is -2.01. The third-order valence-corrected chi connectivity index (χ3v) is 2.96. The van der Waals surface area contributed by atoms with E-state index in [0.717, 1.165) is 11.3 Å². The van der Waals surface area contributed by atoms with Gasteiger partial charge in [0.2, 0.25) is 0 Å². The van der Waals surface area contributed by atoms with Crippen molar-refractivity contribution in [3.05, 3.63) is 36.4 Å². The first-order valence-electron chi connectivity index (χ1n) is 6.88. The zero-order chi connectivity index (χ0) is 15.4. The molecule has 3 aromatic rings. The Kier molecular flexibility index (Phi) is 3.99. The number of nitrogens with one attached hydrogen (secondary N) is 1. The number of anilines is 1. The highest BCUT2D eigenvalue weighted by atomic mass is 16.5. The highest BCUT2D eigenvalue weighted by Crippen LogP contribution is 2.18. The minimum absolute atomic E-state index is 0.333. The number of aromatic nitrogens is 5. The lowest BCUT2D eigenvalue weighted by atomic mass is 10.3. The molecule has 8 heteroatoms. The van der Waals surface area contributed by atoms with E-state index < -0.39 is 0 Å². The van der Waals surface area contributed by atoms with Crippen molar-refractivity contribution in [2.75, 3.05) is 11.9 Å². The molecular weight excluding hydrogens is 284 g/mol. The first kappa shape index (κ1) is 14.1. The summed E-state index contributed by atoms with van der Waals surface area (Å²) in [6.07, 6.45) is 6.93. The molecule has 0 radical (unpaired) electrons. The Morgan fingerprint density at radius 1 is 1.32 bits per heavy atom. The molecule has 8 nitrogen and oxygen atoms in total. The van der Waals surface area contributed by atoms with Crippen LogP contribution >= 0.6 is 0 Å². The van der Waals surface area contributed by atoms with Crippen molar-refractivity contribution in [3.8, 4) is 17.5 Å². The van der Waals surface area contributed by atoms with Crippen LogP contribution in [-0.2, 0) is 13.6 Å². The van der Waals surface area contributed by atoms with Crippen molar-refractivity contribution in [2.24, 2.45) is 7.05 Å². The molecule has 0 aliphatic carbocycles. The molecule has 0 spiro atoms. The second kappa shape index (κ2) is 6.25. The molecule has 0 atom stereocenters. The highest BCUT2D eigenvalue weighted by molar-refractivity contribution is 5.42. The van der Waals surface area contributed by atoms with E-state index >= 15 is 0 Å². The maximum Gasteiger partial charge on any atom is 0.316 e. The van der Waals surface area contributed by atoms with Gasteiger partial charge in [0, 0.05) is 32.2 Å². The molecule has 0 unspecified atom stereocenters. The Morgan fingerprint density at radius 3 is 3.00 bits per heavy atom. The van der Waals surface area contributed by atoms with Gasteiger partial charge in [-0.3, -0.25) is 4.98 Å². The van der Waals surface area contributed by atoms with Gasteiger partial charge in [0.25, 0.3) is 5.89 Å². The molecule has 3 heterocycles. The van der Waals surface area contributed by atoms with Crippen LogP contribution in [0.25, 0.3) is 11.7 Å². The van der Waals surface area contributed by atoms with E-state index in [-0.39, 0.29) is 0 Å². The molecule has 0 fully saturated rings. The van der Waals surface area contributed by atoms with Crippen LogP contribution in [0.4, 0.5) is 6.01 Å². The summed E-state index contributed by atoms with van der Waals surface area (Å²) in [5, 5.41) is 11.0. The van der Waals surface area contributed by atoms with E-state index in [1.165, 1.54) is 0 Å². The van der Waals surface area contributed by atoms with Crippen molar-refractivity contribution in [2.45, 2.75) is 13.5 Å². The van der Waals surface area contributed by atoms with Gasteiger partial charge < -0.3 is 19.0 Å². The van der Waals surface area contributed by atoms with Gasteiger partial charge in [0.1, 0.15) is 5.75 Å². The van der Waals surface area contributed by atoms with E-state index in [2.05, 4.69) is 25.5 Å². The molecule has 0 saturated heterocycles. The van der Waals surface area contributed by atoms with Crippen molar-refractivity contribution in [1.82, 2.24) is 24.7 Å². The molecule has 3 aromatic heterocycles. The normalized spacial score (nSPS) is 10.6. The minimum atomic E-state index is 0.333. The summed E-state index contributed by atoms with van der Waals surface area (Å²) in [5.74, 6) is 1.73. The van der Waals surface area contributed by atoms with Gasteiger partial charge in [0.15, 0.2) is 5.82 Å². The Balaban J connectivity index is 1.66. The summed E-state index contributed by atoms with van der Waals surface area (Å²) in [4.78, 5) is 8.29. The second-order valence-electron chi connectivity index (χ2n) is 4.59. The fourth-order valence-electron chi connectivity index (χ4n) is 1.94. The predicted molar refractivity (Wildman–Crippen MR) is 79.2 cm³/mol. The highest BCUT2D eigenvalue weighted by Gasteiger charge is 2.12. The largest absolute Gasteiger partial charge is 0.492 e. The van der Waals surface area contributed by atoms with Crippen LogP contribution in [0.5, 0.6) is 5.75 Å². The topological polar surface area (TPSA) is 90.9 Å². The standard InChI is InChI=1S/C14H16N6O2/c1-3-21-11-6-10(7-15-9-11)8-17-14-19-18-13(22-14)12-16-4-5-20(12)2/h4-7,9H,3,8H2,1-2H3,(H,17,19). The maximum atomic E-state index is 5.54. The molecule has 0 aromatic carbocycles. The third kappa shape index (κ3) is 3.05. The molecule has 3 rings (SSSR count). The monoisotopic (exact) mass is 300 g/mol. The Morgan fingerprint density at radius 2 is 2.23 bits per heavy atom. The van der Waals surface area contributed by atoms with E-state index in [1.54, 1.807) is 18.6 Å². The molecule has 0 aliphatic rings. The van der Waals surface area contributed by atoms with Crippen LogP contribution in [0.3, 0.4) is 0 Å². The molecule has 114 valence electrons. The van der Waals surface area contributed by atoms with Crippen LogP contribution in [-0.4, -0.2) is 31.3 Å². The summed E-state index contributed by atoms with van der Waals surface area (Å²) >= 11 is 0. The van der Waals surface area contributed by atoms with Gasteiger partial charge in [-0.1, -0.05) is 5.10 Å². The third-order valence-electron chi connectivity index (χ3n) is 2.96.